The molecule has 3 rings (SSSR count). The Balaban J connectivity index is -0.000000376. The molecule has 0 bridgehead atoms. The molecule has 0 saturated carbocycles. The van der Waals surface area contributed by atoms with Crippen molar-refractivity contribution in [3.63, 3.8) is 0 Å². The van der Waals surface area contributed by atoms with Gasteiger partial charge in [-0.2, -0.15) is 5.26 Å². The number of aliphatic imine (C=N–C) groups is 1. The van der Waals surface area contributed by atoms with Crippen LogP contribution in [0.15, 0.2) is 65.8 Å². The van der Waals surface area contributed by atoms with E-state index in [4.69, 9.17) is 46.8 Å². The van der Waals surface area contributed by atoms with Crippen molar-refractivity contribution in [2.24, 2.45) is 16.5 Å². The number of aromatic nitrogens is 1. The molecular formula is C43H66ClN7O5. The number of aliphatic hydroxyl groups excluding tert-OH is 1. The number of terminal acetylenes is 1. The summed E-state index contributed by atoms with van der Waals surface area (Å²) >= 11 is 6.09. The molecule has 0 radical (unpaired) electrons. The number of allylic oxidation sites excluding steroid dienone is 1. The molecule has 0 unspecified atom stereocenters. The van der Waals surface area contributed by atoms with Crippen LogP contribution in [0, 0.1) is 24.2 Å². The van der Waals surface area contributed by atoms with Crippen molar-refractivity contribution >= 4 is 53.2 Å². The number of halogens is 1. The van der Waals surface area contributed by atoms with Crippen molar-refractivity contribution < 1.29 is 24.2 Å². The highest BCUT2D eigenvalue weighted by Crippen LogP contribution is 2.28. The average molecular weight is 796 g/mol. The first-order valence-corrected chi connectivity index (χ1v) is 18.4. The summed E-state index contributed by atoms with van der Waals surface area (Å²) in [5.41, 5.74) is 13.7. The second-order valence-electron chi connectivity index (χ2n) is 11.8. The number of likely N-dealkylation sites (N-methyl/N-ethyl adjacent to an activating group) is 1. The number of rotatable bonds is 14. The fourth-order valence-electron chi connectivity index (χ4n) is 3.90. The molecule has 0 aliphatic rings. The van der Waals surface area contributed by atoms with Gasteiger partial charge in [-0.25, -0.2) is 0 Å². The lowest BCUT2D eigenvalue weighted by atomic mass is 10.1. The monoisotopic (exact) mass is 795 g/mol. The maximum absolute atomic E-state index is 9.05. The van der Waals surface area contributed by atoms with Crippen LogP contribution in [0.25, 0.3) is 17.0 Å². The Bertz CT molecular complexity index is 1610. The number of nitriles is 1. The van der Waals surface area contributed by atoms with Crippen LogP contribution in [0.5, 0.6) is 11.5 Å². The van der Waals surface area contributed by atoms with Gasteiger partial charge in [0.2, 0.25) is 6.41 Å². The third-order valence-electron chi connectivity index (χ3n) is 6.15. The first-order valence-electron chi connectivity index (χ1n) is 18.0. The van der Waals surface area contributed by atoms with Crippen LogP contribution in [-0.2, 0) is 9.59 Å². The molecule has 6 N–H and O–H groups in total. The number of ether oxygens (including phenoxy) is 2. The van der Waals surface area contributed by atoms with Crippen molar-refractivity contribution in [1.82, 2.24) is 9.88 Å². The molecule has 0 spiro atoms. The van der Waals surface area contributed by atoms with Gasteiger partial charge in [0.1, 0.15) is 31.0 Å². The Kier molecular flexibility index (Phi) is 39.1. The Morgan fingerprint density at radius 2 is 1.75 bits per heavy atom. The van der Waals surface area contributed by atoms with E-state index in [-0.39, 0.29) is 18.6 Å². The maximum atomic E-state index is 9.05. The van der Waals surface area contributed by atoms with Gasteiger partial charge in [-0.3, -0.25) is 14.8 Å². The van der Waals surface area contributed by atoms with Crippen molar-refractivity contribution in [1.29, 1.82) is 5.26 Å². The molecule has 1 heterocycles. The number of carbonyl (C=O) groups is 2. The summed E-state index contributed by atoms with van der Waals surface area (Å²) < 4.78 is 11.3. The molecule has 12 nitrogen and oxygen atoms in total. The molecule has 1 amide bonds. The average Bonchev–Trinajstić information content (AvgIpc) is 3.19. The van der Waals surface area contributed by atoms with Gasteiger partial charge >= 0.3 is 0 Å². The van der Waals surface area contributed by atoms with Gasteiger partial charge in [0.15, 0.2) is 0 Å². The predicted octanol–water partition coefficient (Wildman–Crippen LogP) is 7.57. The lowest BCUT2D eigenvalue weighted by Gasteiger charge is -2.14. The van der Waals surface area contributed by atoms with Gasteiger partial charge in [-0.05, 0) is 97.5 Å². The molecule has 56 heavy (non-hydrogen) atoms. The van der Waals surface area contributed by atoms with E-state index in [1.54, 1.807) is 13.2 Å². The summed E-state index contributed by atoms with van der Waals surface area (Å²) in [6.07, 6.45) is 19.6. The van der Waals surface area contributed by atoms with E-state index in [9.17, 15) is 0 Å². The summed E-state index contributed by atoms with van der Waals surface area (Å²) in [7, 11) is 5.65. The smallest absolute Gasteiger partial charge is 0.204 e. The number of pyridine rings is 1. The Morgan fingerprint density at radius 1 is 1.14 bits per heavy atom. The molecule has 0 saturated heterocycles. The molecule has 13 heteroatoms. The standard InChI is InChI=1S/C20H25N3O2.C13H17ClN2O.C4H11N.C2H6.C2H2.CH3NO.CH2O/c1-3-25-20-13-19-18(11-16(14-21)15-22-19)12-17(20)7-6-9-23(2)8-4-5-10-24;1-4-5-11(16-3)9-17-13-7-6-10(15-2)8-12(13)14;1-4(2,3)5;2*1-2;2-1-3;1-2/h6-7,11-13,15,24H,3-5,8-10H2,1-2H3;4-8,15H,9H2,1-3H3;5H2,1-3H3;1-2H3;1-2H;1H,(H2,2,3);1H2/b7-6+;5-4-,16-11?;;;;;. The third kappa shape index (κ3) is 30.1. The minimum absolute atomic E-state index is 0. The summed E-state index contributed by atoms with van der Waals surface area (Å²) in [6.45, 7) is 18.8. The zero-order valence-electron chi connectivity index (χ0n) is 35.1. The van der Waals surface area contributed by atoms with E-state index in [0.29, 0.717) is 29.5 Å². The Morgan fingerprint density at radius 3 is 2.23 bits per heavy atom. The second-order valence-corrected chi connectivity index (χ2v) is 12.3. The number of anilines is 1. The Hall–Kier alpha value is -5.24. The number of nitrogens with two attached hydrogens (primary N) is 2. The highest BCUT2D eigenvalue weighted by atomic mass is 35.5. The number of hydrogen-bond acceptors (Lipinski definition) is 11. The Labute approximate surface area is 341 Å². The van der Waals surface area contributed by atoms with Crippen LogP contribution < -0.4 is 26.3 Å². The van der Waals surface area contributed by atoms with E-state index in [1.807, 2.05) is 117 Å². The van der Waals surface area contributed by atoms with Gasteiger partial charge in [0.05, 0.1) is 28.4 Å². The topological polar surface area (TPSA) is 189 Å². The van der Waals surface area contributed by atoms with E-state index in [2.05, 4.69) is 58.0 Å². The lowest BCUT2D eigenvalue weighted by Crippen LogP contribution is -2.26. The molecule has 310 valence electrons. The SMILES string of the molecule is C#C.C/C=C\C(COc1ccc(NC)cc1Cl)=NC.C=O.CC.CC(C)(C)N.CCOc1cc2ncc(C#N)cc2cc1/C=C/CN(C)CCCCO.NC=O. The molecule has 1 aromatic heterocycles. The molecule has 0 fully saturated rings. The molecular weight excluding hydrogens is 730 g/mol. The molecule has 0 aliphatic carbocycles. The fourth-order valence-corrected chi connectivity index (χ4v) is 4.13. The van der Waals surface area contributed by atoms with Crippen molar-refractivity contribution in [2.45, 2.75) is 66.8 Å². The van der Waals surface area contributed by atoms with Gasteiger partial charge in [0.25, 0.3) is 0 Å². The number of benzene rings is 2. The van der Waals surface area contributed by atoms with Crippen LogP contribution in [0.2, 0.25) is 5.02 Å². The van der Waals surface area contributed by atoms with E-state index >= 15 is 0 Å². The van der Waals surface area contributed by atoms with Crippen LogP contribution in [-0.4, -0.2) is 93.5 Å². The highest BCUT2D eigenvalue weighted by Gasteiger charge is 2.07. The normalized spacial score (nSPS) is 10.2. The fraction of sp³-hybridized carbons (Fsp3) is 0.419. The zero-order valence-corrected chi connectivity index (χ0v) is 35.9. The van der Waals surface area contributed by atoms with Crippen molar-refractivity contribution in [3.05, 3.63) is 77.0 Å². The van der Waals surface area contributed by atoms with E-state index in [1.165, 1.54) is 0 Å². The number of nitrogens with zero attached hydrogens (tertiary/aromatic N) is 4. The van der Waals surface area contributed by atoms with Gasteiger partial charge in [-0.1, -0.05) is 43.7 Å². The zero-order chi connectivity index (χ0) is 44.0. The van der Waals surface area contributed by atoms with Crippen molar-refractivity contribution in [2.75, 3.05) is 59.4 Å². The molecule has 3 aromatic rings. The number of amides is 1. The largest absolute Gasteiger partial charge is 0.493 e. The van der Waals surface area contributed by atoms with Crippen LogP contribution in [0.1, 0.15) is 72.4 Å². The number of carbonyl (C=O) groups excluding carboxylic acids is 2. The van der Waals surface area contributed by atoms with E-state index < -0.39 is 0 Å². The quantitative estimate of drug-likeness (QED) is 0.0548. The number of fused-ring (bicyclic) bond motifs is 1. The van der Waals surface area contributed by atoms with Gasteiger partial charge in [0, 0.05) is 61.7 Å². The minimum Gasteiger partial charge on any atom is -0.493 e. The minimum atomic E-state index is 0. The predicted molar refractivity (Wildman–Crippen MR) is 238 cm³/mol. The third-order valence-corrected chi connectivity index (χ3v) is 6.44. The number of aliphatic hydroxyl groups is 1. The lowest BCUT2D eigenvalue weighted by molar-refractivity contribution is -0.107. The summed E-state index contributed by atoms with van der Waals surface area (Å²) in [4.78, 5) is 27.2. The van der Waals surface area contributed by atoms with E-state index in [0.717, 1.165) is 59.5 Å². The van der Waals surface area contributed by atoms with Crippen molar-refractivity contribution in [3.8, 4) is 30.4 Å². The van der Waals surface area contributed by atoms with Crippen LogP contribution in [0.3, 0.4) is 0 Å². The van der Waals surface area contributed by atoms with Crippen LogP contribution >= 0.6 is 11.6 Å². The second kappa shape index (κ2) is 38.1. The van der Waals surface area contributed by atoms with Crippen LogP contribution in [0.4, 0.5) is 5.69 Å². The maximum Gasteiger partial charge on any atom is 0.204 e. The van der Waals surface area contributed by atoms with Gasteiger partial charge in [-0.15, -0.1) is 12.8 Å². The summed E-state index contributed by atoms with van der Waals surface area (Å²) in [5.74, 6) is 1.46. The van der Waals surface area contributed by atoms with Gasteiger partial charge < -0.3 is 41.1 Å². The summed E-state index contributed by atoms with van der Waals surface area (Å²) in [6, 6.07) is 13.5. The number of nitrogens with one attached hydrogen (secondary N) is 1. The first kappa shape index (κ1) is 57.5. The highest BCUT2D eigenvalue weighted by molar-refractivity contribution is 6.32. The molecule has 0 atom stereocenters. The number of unbranched alkanes of at least 4 members (excludes halogenated alkanes) is 1. The first-order chi connectivity index (χ1) is 26.8. The summed E-state index contributed by atoms with van der Waals surface area (Å²) in [5, 5.41) is 22.4. The molecule has 0 aliphatic heterocycles. The number of primary amides is 1. The number of hydrogen-bond donors (Lipinski definition) is 4. The molecule has 2 aromatic carbocycles.